The standard InChI is InChI=1S/C36H38N6O6/c1-45-31-18-15-29(32(21-31)46-2)24-38-41-35(44)36(22-27-11-6-7-12-28(27)23-39-42-37)33(25-9-4-3-5-10-25)48-34(40-36)26-13-16-30(17-14-26)47-20-8-19-43/h3-7,9-18,21,33,38,43H,8,19-20,22-24H2,1-2H3,(H,41,44)/t33-,36-/m0/s1. The van der Waals surface area contributed by atoms with Crippen molar-refractivity contribution in [2.45, 2.75) is 37.6 Å². The van der Waals surface area contributed by atoms with Crippen molar-refractivity contribution < 1.29 is 28.8 Å². The van der Waals surface area contributed by atoms with Crippen LogP contribution in [0.4, 0.5) is 0 Å². The molecule has 248 valence electrons. The summed E-state index contributed by atoms with van der Waals surface area (Å²) in [7, 11) is 3.16. The quantitative estimate of drug-likeness (QED) is 0.0468. The SMILES string of the molecule is COc1ccc(CNNC(=O)[C@@]2(Cc3ccccc3CN=[N+]=[N-])N=C(c3ccc(OCCCO)cc3)O[C@H]2c2ccccc2)c(OC)c1. The van der Waals surface area contributed by atoms with Gasteiger partial charge in [-0.05, 0) is 52.6 Å². The Bertz CT molecular complexity index is 1760. The van der Waals surface area contributed by atoms with Crippen molar-refractivity contribution in [3.05, 3.63) is 135 Å². The van der Waals surface area contributed by atoms with E-state index in [1.165, 1.54) is 0 Å². The molecule has 4 aromatic carbocycles. The first-order valence-corrected chi connectivity index (χ1v) is 15.5. The number of hydrogen-bond donors (Lipinski definition) is 3. The Kier molecular flexibility index (Phi) is 11.5. The predicted molar refractivity (Wildman–Crippen MR) is 181 cm³/mol. The normalized spacial score (nSPS) is 16.6. The van der Waals surface area contributed by atoms with Crippen molar-refractivity contribution in [3.63, 3.8) is 0 Å². The van der Waals surface area contributed by atoms with Gasteiger partial charge in [0.2, 0.25) is 5.90 Å². The molecule has 1 aliphatic rings. The minimum absolute atomic E-state index is 0.0439. The fourth-order valence-corrected chi connectivity index (χ4v) is 5.52. The summed E-state index contributed by atoms with van der Waals surface area (Å²) in [4.78, 5) is 22.6. The number of aliphatic hydroxyl groups is 1. The van der Waals surface area contributed by atoms with Gasteiger partial charge in [0.1, 0.15) is 17.2 Å². The number of hydrazine groups is 1. The summed E-state index contributed by atoms with van der Waals surface area (Å²) in [6.07, 6.45) is -0.137. The molecule has 0 unspecified atom stereocenters. The first-order valence-electron chi connectivity index (χ1n) is 15.5. The Morgan fingerprint density at radius 3 is 2.40 bits per heavy atom. The minimum atomic E-state index is -1.48. The maximum atomic E-state index is 14.6. The third kappa shape index (κ3) is 7.87. The molecule has 12 heteroatoms. The largest absolute Gasteiger partial charge is 0.497 e. The number of aliphatic hydroxyl groups excluding tert-OH is 1. The second kappa shape index (κ2) is 16.3. The van der Waals surface area contributed by atoms with Crippen molar-refractivity contribution in [2.24, 2.45) is 10.1 Å². The number of hydrogen-bond acceptors (Lipinski definition) is 9. The Balaban J connectivity index is 1.53. The summed E-state index contributed by atoms with van der Waals surface area (Å²) >= 11 is 0. The molecule has 4 aromatic rings. The summed E-state index contributed by atoms with van der Waals surface area (Å²) in [6, 6.07) is 29.7. The molecule has 0 radical (unpaired) electrons. The van der Waals surface area contributed by atoms with E-state index in [-0.39, 0.29) is 26.1 Å². The van der Waals surface area contributed by atoms with Crippen molar-refractivity contribution in [1.82, 2.24) is 10.9 Å². The zero-order valence-electron chi connectivity index (χ0n) is 26.8. The van der Waals surface area contributed by atoms with E-state index >= 15 is 0 Å². The predicted octanol–water partition coefficient (Wildman–Crippen LogP) is 5.60. The van der Waals surface area contributed by atoms with Gasteiger partial charge in [-0.3, -0.25) is 10.2 Å². The fourth-order valence-electron chi connectivity index (χ4n) is 5.52. The molecule has 0 aliphatic carbocycles. The average Bonchev–Trinajstić information content (AvgIpc) is 3.52. The lowest BCUT2D eigenvalue weighted by Crippen LogP contribution is -2.53. The van der Waals surface area contributed by atoms with Crippen molar-refractivity contribution >= 4 is 11.8 Å². The lowest BCUT2D eigenvalue weighted by Gasteiger charge is -2.31. The highest BCUT2D eigenvalue weighted by atomic mass is 16.5. The fraction of sp³-hybridized carbons (Fsp3) is 0.278. The number of rotatable bonds is 16. The van der Waals surface area contributed by atoms with Crippen LogP contribution in [0.25, 0.3) is 10.4 Å². The average molecular weight is 651 g/mol. The van der Waals surface area contributed by atoms with Crippen molar-refractivity contribution in [2.75, 3.05) is 27.4 Å². The van der Waals surface area contributed by atoms with Crippen LogP contribution in [0.1, 0.15) is 40.3 Å². The third-order valence-electron chi connectivity index (χ3n) is 7.99. The van der Waals surface area contributed by atoms with Crippen LogP contribution < -0.4 is 25.1 Å². The third-order valence-corrected chi connectivity index (χ3v) is 7.99. The topological polar surface area (TPSA) is 159 Å². The van der Waals surface area contributed by atoms with Crippen molar-refractivity contribution in [1.29, 1.82) is 0 Å². The highest BCUT2D eigenvalue weighted by Gasteiger charge is 2.53. The number of carbonyl (C=O) groups is 1. The number of ether oxygens (including phenoxy) is 4. The molecule has 0 aromatic heterocycles. The maximum Gasteiger partial charge on any atom is 0.266 e. The van der Waals surface area contributed by atoms with E-state index in [1.54, 1.807) is 32.4 Å². The molecule has 0 saturated carbocycles. The first kappa shape index (κ1) is 33.8. The van der Waals surface area contributed by atoms with Gasteiger partial charge in [-0.1, -0.05) is 65.8 Å². The number of amides is 1. The molecule has 0 bridgehead atoms. The smallest absolute Gasteiger partial charge is 0.266 e. The molecule has 1 aliphatic heterocycles. The van der Waals surface area contributed by atoms with Gasteiger partial charge in [-0.2, -0.15) is 0 Å². The van der Waals surface area contributed by atoms with Gasteiger partial charge in [0, 0.05) is 48.1 Å². The molecule has 1 amide bonds. The second-order valence-corrected chi connectivity index (χ2v) is 11.0. The Hall–Kier alpha value is -5.55. The number of aliphatic imine (C=N–C) groups is 1. The molecular weight excluding hydrogens is 612 g/mol. The van der Waals surface area contributed by atoms with E-state index in [9.17, 15) is 4.79 Å². The van der Waals surface area contributed by atoms with Crippen LogP contribution >= 0.6 is 0 Å². The van der Waals surface area contributed by atoms with E-state index in [0.29, 0.717) is 41.7 Å². The zero-order chi connectivity index (χ0) is 33.8. The van der Waals surface area contributed by atoms with E-state index in [4.69, 9.17) is 34.6 Å². The highest BCUT2D eigenvalue weighted by Crippen LogP contribution is 2.43. The number of methoxy groups -OCH3 is 2. The summed E-state index contributed by atoms with van der Waals surface area (Å²) in [5.74, 6) is 1.78. The van der Waals surface area contributed by atoms with Gasteiger partial charge in [0.05, 0.1) is 27.4 Å². The molecular formula is C36H38N6O6. The minimum Gasteiger partial charge on any atom is -0.497 e. The number of azide groups is 1. The molecule has 1 heterocycles. The highest BCUT2D eigenvalue weighted by molar-refractivity contribution is 6.01. The van der Waals surface area contributed by atoms with Gasteiger partial charge in [-0.25, -0.2) is 10.4 Å². The zero-order valence-corrected chi connectivity index (χ0v) is 26.8. The first-order chi connectivity index (χ1) is 23.5. The summed E-state index contributed by atoms with van der Waals surface area (Å²) in [6.45, 7) is 0.804. The van der Waals surface area contributed by atoms with E-state index in [2.05, 4.69) is 20.9 Å². The van der Waals surface area contributed by atoms with Crippen LogP contribution in [0.3, 0.4) is 0 Å². The molecule has 0 saturated heterocycles. The van der Waals surface area contributed by atoms with Crippen LogP contribution in [0, 0.1) is 0 Å². The second-order valence-electron chi connectivity index (χ2n) is 11.0. The van der Waals surface area contributed by atoms with Gasteiger partial charge in [0.15, 0.2) is 11.6 Å². The lowest BCUT2D eigenvalue weighted by atomic mass is 9.81. The Labute approximate surface area is 278 Å². The van der Waals surface area contributed by atoms with Crippen LogP contribution in [0.5, 0.6) is 17.2 Å². The van der Waals surface area contributed by atoms with Crippen LogP contribution in [-0.4, -0.2) is 49.9 Å². The number of nitrogens with zero attached hydrogens (tertiary/aromatic N) is 4. The summed E-state index contributed by atoms with van der Waals surface area (Å²) < 4.78 is 23.2. The van der Waals surface area contributed by atoms with Gasteiger partial charge < -0.3 is 24.1 Å². The van der Waals surface area contributed by atoms with Crippen LogP contribution in [0.15, 0.2) is 107 Å². The molecule has 3 N–H and O–H groups in total. The number of nitrogens with one attached hydrogen (secondary N) is 2. The van der Waals surface area contributed by atoms with E-state index in [0.717, 1.165) is 22.3 Å². The molecule has 0 spiro atoms. The number of carbonyl (C=O) groups excluding carboxylic acids is 1. The van der Waals surface area contributed by atoms with Gasteiger partial charge in [0.25, 0.3) is 5.91 Å². The monoisotopic (exact) mass is 650 g/mol. The molecule has 48 heavy (non-hydrogen) atoms. The Morgan fingerprint density at radius 1 is 0.958 bits per heavy atom. The molecule has 2 atom stereocenters. The van der Waals surface area contributed by atoms with Crippen LogP contribution in [-0.2, 0) is 29.0 Å². The summed E-state index contributed by atoms with van der Waals surface area (Å²) in [5, 5.41) is 12.9. The maximum absolute atomic E-state index is 14.6. The lowest BCUT2D eigenvalue weighted by molar-refractivity contribution is -0.130. The van der Waals surface area contributed by atoms with Gasteiger partial charge in [-0.15, -0.1) is 0 Å². The van der Waals surface area contributed by atoms with Gasteiger partial charge >= 0.3 is 0 Å². The summed E-state index contributed by atoms with van der Waals surface area (Å²) in [5.41, 5.74) is 17.3. The Morgan fingerprint density at radius 2 is 1.69 bits per heavy atom. The molecule has 12 nitrogen and oxygen atoms in total. The van der Waals surface area contributed by atoms with E-state index < -0.39 is 17.6 Å². The van der Waals surface area contributed by atoms with E-state index in [1.807, 2.05) is 78.9 Å². The molecule has 5 rings (SSSR count). The van der Waals surface area contributed by atoms with Crippen LogP contribution in [0.2, 0.25) is 0 Å². The van der Waals surface area contributed by atoms with Crippen molar-refractivity contribution in [3.8, 4) is 17.2 Å². The molecule has 0 fully saturated rings. The number of benzene rings is 4.